The third kappa shape index (κ3) is 2.46. The summed E-state index contributed by atoms with van der Waals surface area (Å²) in [4.78, 5) is 1.71. The van der Waals surface area contributed by atoms with Gasteiger partial charge in [-0.1, -0.05) is 11.6 Å². The molecule has 0 saturated carbocycles. The van der Waals surface area contributed by atoms with E-state index >= 15 is 0 Å². The highest BCUT2D eigenvalue weighted by Gasteiger charge is 2.25. The fraction of sp³-hybridized carbons (Fsp3) is 0.455. The fourth-order valence-electron chi connectivity index (χ4n) is 1.88. The van der Waals surface area contributed by atoms with Crippen LogP contribution >= 0.6 is 11.6 Å². The quantitative estimate of drug-likeness (QED) is 0.509. The van der Waals surface area contributed by atoms with Crippen molar-refractivity contribution < 1.29 is 17.6 Å². The SMILES string of the molecule is Fc1c(F)c(CN2CCNCC2)c(F)c(F)c1Cl. The maximum Gasteiger partial charge on any atom is 0.180 e. The van der Waals surface area contributed by atoms with Gasteiger partial charge in [-0.15, -0.1) is 0 Å². The second-order valence-corrected chi connectivity index (χ2v) is 4.45. The second-order valence-electron chi connectivity index (χ2n) is 4.07. The molecular weight excluding hydrogens is 272 g/mol. The molecule has 2 nitrogen and oxygen atoms in total. The van der Waals surface area contributed by atoms with Crippen molar-refractivity contribution in [2.24, 2.45) is 0 Å². The molecule has 100 valence electrons. The van der Waals surface area contributed by atoms with E-state index in [-0.39, 0.29) is 6.54 Å². The molecule has 0 spiro atoms. The molecule has 1 aromatic rings. The van der Waals surface area contributed by atoms with Gasteiger partial charge in [0.1, 0.15) is 5.02 Å². The number of rotatable bonds is 2. The van der Waals surface area contributed by atoms with Crippen LogP contribution in [-0.2, 0) is 6.54 Å². The van der Waals surface area contributed by atoms with E-state index in [0.29, 0.717) is 26.2 Å². The highest BCUT2D eigenvalue weighted by Crippen LogP contribution is 2.28. The van der Waals surface area contributed by atoms with E-state index in [1.165, 1.54) is 0 Å². The lowest BCUT2D eigenvalue weighted by Gasteiger charge is -2.27. The Bertz CT molecular complexity index is 432. The van der Waals surface area contributed by atoms with Crippen LogP contribution in [0, 0.1) is 23.3 Å². The van der Waals surface area contributed by atoms with E-state index in [4.69, 9.17) is 11.6 Å². The third-order valence-electron chi connectivity index (χ3n) is 2.89. The number of hydrogen-bond donors (Lipinski definition) is 1. The van der Waals surface area contributed by atoms with E-state index in [9.17, 15) is 17.6 Å². The smallest absolute Gasteiger partial charge is 0.180 e. The summed E-state index contributed by atoms with van der Waals surface area (Å²) >= 11 is 5.15. The van der Waals surface area contributed by atoms with Gasteiger partial charge in [-0.2, -0.15) is 0 Å². The molecule has 7 heteroatoms. The minimum absolute atomic E-state index is 0.176. The van der Waals surface area contributed by atoms with Crippen LogP contribution in [0.15, 0.2) is 0 Å². The predicted molar refractivity (Wildman–Crippen MR) is 59.4 cm³/mol. The summed E-state index contributed by atoms with van der Waals surface area (Å²) in [5.41, 5.74) is -0.615. The summed E-state index contributed by atoms with van der Waals surface area (Å²) in [7, 11) is 0. The first-order valence-electron chi connectivity index (χ1n) is 5.45. The molecular formula is C11H11ClF4N2. The average molecular weight is 283 g/mol. The predicted octanol–water partition coefficient (Wildman–Crippen LogP) is 2.30. The number of piperazine rings is 1. The molecule has 0 bridgehead atoms. The van der Waals surface area contributed by atoms with Crippen LogP contribution in [0.1, 0.15) is 5.56 Å². The molecule has 1 fully saturated rings. The summed E-state index contributed by atoms with van der Waals surface area (Å²) in [5, 5.41) is 1.92. The van der Waals surface area contributed by atoms with Crippen LogP contribution in [0.4, 0.5) is 17.6 Å². The van der Waals surface area contributed by atoms with Crippen molar-refractivity contribution in [1.29, 1.82) is 0 Å². The van der Waals surface area contributed by atoms with Crippen molar-refractivity contribution in [3.63, 3.8) is 0 Å². The van der Waals surface area contributed by atoms with Gasteiger partial charge in [0.15, 0.2) is 23.3 Å². The summed E-state index contributed by atoms with van der Waals surface area (Å²) in [6.45, 7) is 2.28. The number of halogens is 5. The van der Waals surface area contributed by atoms with Gasteiger partial charge in [-0.3, -0.25) is 4.90 Å². The lowest BCUT2D eigenvalue weighted by atomic mass is 10.1. The Labute approximate surface area is 107 Å². The summed E-state index contributed by atoms with van der Waals surface area (Å²) < 4.78 is 53.6. The van der Waals surface area contributed by atoms with Gasteiger partial charge < -0.3 is 5.32 Å². The molecule has 1 saturated heterocycles. The van der Waals surface area contributed by atoms with Crippen molar-refractivity contribution >= 4 is 11.6 Å². The van der Waals surface area contributed by atoms with Crippen LogP contribution in [-0.4, -0.2) is 31.1 Å². The summed E-state index contributed by atoms with van der Waals surface area (Å²) in [6, 6.07) is 0. The Hall–Kier alpha value is -0.850. The molecule has 0 unspecified atom stereocenters. The Morgan fingerprint density at radius 1 is 0.944 bits per heavy atom. The molecule has 1 aromatic carbocycles. The maximum absolute atomic E-state index is 13.5. The molecule has 1 heterocycles. The lowest BCUT2D eigenvalue weighted by Crippen LogP contribution is -2.43. The molecule has 1 aliphatic heterocycles. The zero-order chi connectivity index (χ0) is 13.3. The molecule has 1 N–H and O–H groups in total. The van der Waals surface area contributed by atoms with Gasteiger partial charge in [-0.05, 0) is 0 Å². The van der Waals surface area contributed by atoms with Gasteiger partial charge in [0.05, 0.1) is 0 Å². The largest absolute Gasteiger partial charge is 0.314 e. The number of nitrogens with zero attached hydrogens (tertiary/aromatic N) is 1. The monoisotopic (exact) mass is 282 g/mol. The second kappa shape index (κ2) is 5.42. The molecule has 0 aliphatic carbocycles. The van der Waals surface area contributed by atoms with Gasteiger partial charge in [0.2, 0.25) is 0 Å². The number of benzene rings is 1. The van der Waals surface area contributed by atoms with Crippen LogP contribution < -0.4 is 5.32 Å². The third-order valence-corrected chi connectivity index (χ3v) is 3.22. The molecule has 1 aliphatic rings. The van der Waals surface area contributed by atoms with Crippen LogP contribution in [0.5, 0.6) is 0 Å². The summed E-state index contributed by atoms with van der Waals surface area (Å²) in [5.74, 6) is -5.92. The lowest BCUT2D eigenvalue weighted by molar-refractivity contribution is 0.225. The first-order chi connectivity index (χ1) is 8.52. The Kier molecular flexibility index (Phi) is 4.09. The first-order valence-corrected chi connectivity index (χ1v) is 5.83. The molecule has 18 heavy (non-hydrogen) atoms. The van der Waals surface area contributed by atoms with Crippen molar-refractivity contribution in [2.75, 3.05) is 26.2 Å². The van der Waals surface area contributed by atoms with E-state index < -0.39 is 33.9 Å². The van der Waals surface area contributed by atoms with E-state index in [2.05, 4.69) is 5.32 Å². The molecule has 0 atom stereocenters. The van der Waals surface area contributed by atoms with E-state index in [1.807, 2.05) is 0 Å². The average Bonchev–Trinajstić information content (AvgIpc) is 2.40. The minimum Gasteiger partial charge on any atom is -0.314 e. The Balaban J connectivity index is 2.32. The highest BCUT2D eigenvalue weighted by atomic mass is 35.5. The van der Waals surface area contributed by atoms with Crippen LogP contribution in [0.25, 0.3) is 0 Å². The first kappa shape index (κ1) is 13.6. The van der Waals surface area contributed by atoms with Gasteiger partial charge in [0, 0.05) is 38.3 Å². The van der Waals surface area contributed by atoms with Crippen molar-refractivity contribution in [3.05, 3.63) is 33.9 Å². The Morgan fingerprint density at radius 2 is 1.44 bits per heavy atom. The van der Waals surface area contributed by atoms with Gasteiger partial charge >= 0.3 is 0 Å². The minimum atomic E-state index is -1.54. The Morgan fingerprint density at radius 3 is 1.94 bits per heavy atom. The summed E-state index contributed by atoms with van der Waals surface area (Å²) in [6.07, 6.45) is 0. The van der Waals surface area contributed by atoms with Crippen molar-refractivity contribution in [1.82, 2.24) is 10.2 Å². The zero-order valence-electron chi connectivity index (χ0n) is 9.37. The zero-order valence-corrected chi connectivity index (χ0v) is 10.1. The van der Waals surface area contributed by atoms with Crippen molar-refractivity contribution in [3.8, 4) is 0 Å². The van der Waals surface area contributed by atoms with Gasteiger partial charge in [0.25, 0.3) is 0 Å². The normalized spacial score (nSPS) is 17.2. The van der Waals surface area contributed by atoms with Crippen LogP contribution in [0.3, 0.4) is 0 Å². The topological polar surface area (TPSA) is 15.3 Å². The molecule has 2 rings (SSSR count). The molecule has 0 aromatic heterocycles. The standard InChI is InChI=1S/C11H11ClF4N2/c12-7-10(15)8(13)6(9(14)11(7)16)5-18-3-1-17-2-4-18/h17H,1-5H2. The number of hydrogen-bond acceptors (Lipinski definition) is 2. The van der Waals surface area contributed by atoms with Crippen LogP contribution in [0.2, 0.25) is 5.02 Å². The molecule has 0 amide bonds. The highest BCUT2D eigenvalue weighted by molar-refractivity contribution is 6.30. The van der Waals surface area contributed by atoms with E-state index in [0.717, 1.165) is 0 Å². The maximum atomic E-state index is 13.5. The van der Waals surface area contributed by atoms with E-state index in [1.54, 1.807) is 4.90 Å². The van der Waals surface area contributed by atoms with Gasteiger partial charge in [-0.25, -0.2) is 17.6 Å². The molecule has 0 radical (unpaired) electrons. The fourth-order valence-corrected chi connectivity index (χ4v) is 2.05. The van der Waals surface area contributed by atoms with Crippen molar-refractivity contribution in [2.45, 2.75) is 6.54 Å². The number of nitrogens with one attached hydrogen (secondary N) is 1.